The zero-order valence-electron chi connectivity index (χ0n) is 12.2. The summed E-state index contributed by atoms with van der Waals surface area (Å²) in [5.41, 5.74) is 6.16. The van der Waals surface area contributed by atoms with Crippen LogP contribution in [0.25, 0.3) is 0 Å². The lowest BCUT2D eigenvalue weighted by Gasteiger charge is -2.42. The Morgan fingerprint density at radius 1 is 1.53 bits per heavy atom. The molecule has 1 rings (SSSR count). The Hall–Kier alpha value is -0.960. The number of Topliss-reactive ketones (excluding diaryl/α,β-unsaturated/α-hetero) is 1. The van der Waals surface area contributed by atoms with Gasteiger partial charge < -0.3 is 15.8 Å². The molecule has 1 fully saturated rings. The Labute approximate surface area is 115 Å². The third-order valence-corrected chi connectivity index (χ3v) is 4.49. The van der Waals surface area contributed by atoms with Crippen LogP contribution in [0.15, 0.2) is 0 Å². The fourth-order valence-corrected chi connectivity index (χ4v) is 3.14. The van der Waals surface area contributed by atoms with Crippen LogP contribution in [-0.4, -0.2) is 38.1 Å². The van der Waals surface area contributed by atoms with Crippen LogP contribution in [0.3, 0.4) is 0 Å². The molecule has 1 aliphatic carbocycles. The van der Waals surface area contributed by atoms with E-state index < -0.39 is 12.0 Å². The first kappa shape index (κ1) is 16.1. The molecule has 0 radical (unpaired) electrons. The molecular formula is C14H25N3O2. The van der Waals surface area contributed by atoms with Crippen LogP contribution in [0.4, 0.5) is 0 Å². The van der Waals surface area contributed by atoms with E-state index in [9.17, 15) is 4.79 Å². The van der Waals surface area contributed by atoms with Crippen molar-refractivity contribution in [1.29, 1.82) is 5.26 Å². The second kappa shape index (κ2) is 6.99. The van der Waals surface area contributed by atoms with Crippen molar-refractivity contribution in [2.75, 3.05) is 14.2 Å². The molecule has 0 aromatic carbocycles. The maximum absolute atomic E-state index is 11.5. The number of rotatable bonds is 5. The van der Waals surface area contributed by atoms with Gasteiger partial charge in [-0.05, 0) is 38.6 Å². The molecule has 0 spiro atoms. The fourth-order valence-electron chi connectivity index (χ4n) is 3.14. The van der Waals surface area contributed by atoms with Crippen LogP contribution in [0.1, 0.15) is 26.7 Å². The van der Waals surface area contributed by atoms with Gasteiger partial charge in [0.15, 0.2) is 0 Å². The zero-order valence-corrected chi connectivity index (χ0v) is 12.2. The van der Waals surface area contributed by atoms with E-state index in [1.54, 1.807) is 7.11 Å². The van der Waals surface area contributed by atoms with Gasteiger partial charge in [-0.3, -0.25) is 4.79 Å². The Balaban J connectivity index is 2.83. The van der Waals surface area contributed by atoms with Crippen molar-refractivity contribution in [3.8, 4) is 6.07 Å². The fraction of sp³-hybridized carbons (Fsp3) is 0.857. The van der Waals surface area contributed by atoms with Crippen LogP contribution in [0, 0.1) is 29.1 Å². The van der Waals surface area contributed by atoms with Crippen molar-refractivity contribution in [3.05, 3.63) is 0 Å². The molecule has 6 unspecified atom stereocenters. The van der Waals surface area contributed by atoms with Crippen LogP contribution >= 0.6 is 0 Å². The van der Waals surface area contributed by atoms with Gasteiger partial charge in [0.25, 0.3) is 0 Å². The highest BCUT2D eigenvalue weighted by Gasteiger charge is 2.39. The number of ketones is 1. The molecule has 0 heterocycles. The smallest absolute Gasteiger partial charge is 0.148 e. The first-order valence-corrected chi connectivity index (χ1v) is 6.81. The van der Waals surface area contributed by atoms with Gasteiger partial charge in [-0.15, -0.1) is 0 Å². The quantitative estimate of drug-likeness (QED) is 0.765. The van der Waals surface area contributed by atoms with Crippen molar-refractivity contribution in [3.63, 3.8) is 0 Å². The minimum absolute atomic E-state index is 0.119. The van der Waals surface area contributed by atoms with E-state index in [1.807, 2.05) is 13.1 Å². The molecule has 5 nitrogen and oxygen atoms in total. The van der Waals surface area contributed by atoms with Gasteiger partial charge in [0.2, 0.25) is 0 Å². The van der Waals surface area contributed by atoms with E-state index in [-0.39, 0.29) is 17.8 Å². The second-order valence-corrected chi connectivity index (χ2v) is 5.55. The van der Waals surface area contributed by atoms with Gasteiger partial charge in [-0.25, -0.2) is 0 Å². The largest absolute Gasteiger partial charge is 0.381 e. The van der Waals surface area contributed by atoms with Crippen molar-refractivity contribution in [2.24, 2.45) is 23.5 Å². The number of nitrogens with one attached hydrogen (secondary N) is 1. The standard InChI is InChI=1S/C14H25N3O2/c1-8-12(17-3)5-10(6-13(8)19-4)14(16)11(7-15)9(2)18/h8,10-14,17H,5-6,16H2,1-4H3. The third kappa shape index (κ3) is 3.53. The number of hydrogen-bond acceptors (Lipinski definition) is 5. The number of nitrogens with two attached hydrogens (primary N) is 1. The normalized spacial score (nSPS) is 34.3. The molecule has 0 amide bonds. The maximum Gasteiger partial charge on any atom is 0.148 e. The third-order valence-electron chi connectivity index (χ3n) is 4.49. The number of carbonyl (C=O) groups excluding carboxylic acids is 1. The second-order valence-electron chi connectivity index (χ2n) is 5.55. The van der Waals surface area contributed by atoms with E-state index in [0.717, 1.165) is 12.8 Å². The van der Waals surface area contributed by atoms with E-state index >= 15 is 0 Å². The highest BCUT2D eigenvalue weighted by atomic mass is 16.5. The zero-order chi connectivity index (χ0) is 14.6. The first-order valence-electron chi connectivity index (χ1n) is 6.81. The Morgan fingerprint density at radius 2 is 2.16 bits per heavy atom. The number of nitrogens with zero attached hydrogens (tertiary/aromatic N) is 1. The van der Waals surface area contributed by atoms with Crippen LogP contribution in [-0.2, 0) is 9.53 Å². The first-order chi connectivity index (χ1) is 8.96. The Morgan fingerprint density at radius 3 is 2.58 bits per heavy atom. The van der Waals surface area contributed by atoms with Gasteiger partial charge in [0.1, 0.15) is 11.7 Å². The van der Waals surface area contributed by atoms with E-state index in [2.05, 4.69) is 12.2 Å². The molecule has 5 heteroatoms. The summed E-state index contributed by atoms with van der Waals surface area (Å²) in [5.74, 6) is -0.333. The van der Waals surface area contributed by atoms with Crippen LogP contribution in [0.5, 0.6) is 0 Å². The van der Waals surface area contributed by atoms with Crippen molar-refractivity contribution < 1.29 is 9.53 Å². The molecule has 0 aromatic heterocycles. The molecule has 0 bridgehead atoms. The number of carbonyl (C=O) groups is 1. The summed E-state index contributed by atoms with van der Waals surface area (Å²) in [6.07, 6.45) is 1.81. The summed E-state index contributed by atoms with van der Waals surface area (Å²) in [5, 5.41) is 12.4. The molecule has 108 valence electrons. The lowest BCUT2D eigenvalue weighted by molar-refractivity contribution is -0.120. The molecule has 3 N–H and O–H groups in total. The van der Waals surface area contributed by atoms with Crippen molar-refractivity contribution in [1.82, 2.24) is 5.32 Å². The van der Waals surface area contributed by atoms with Gasteiger partial charge in [0, 0.05) is 19.2 Å². The Bertz CT molecular complexity index is 339. The molecule has 0 saturated heterocycles. The average molecular weight is 267 g/mol. The topological polar surface area (TPSA) is 88.1 Å². The summed E-state index contributed by atoms with van der Waals surface area (Å²) in [4.78, 5) is 11.5. The van der Waals surface area contributed by atoms with Gasteiger partial charge in [-0.2, -0.15) is 5.26 Å². The summed E-state index contributed by atoms with van der Waals surface area (Å²) >= 11 is 0. The van der Waals surface area contributed by atoms with Gasteiger partial charge >= 0.3 is 0 Å². The monoisotopic (exact) mass is 267 g/mol. The van der Waals surface area contributed by atoms with E-state index in [0.29, 0.717) is 12.0 Å². The summed E-state index contributed by atoms with van der Waals surface area (Å²) in [6, 6.07) is 1.93. The van der Waals surface area contributed by atoms with Crippen molar-refractivity contribution >= 4 is 5.78 Å². The summed E-state index contributed by atoms with van der Waals surface area (Å²) in [6.45, 7) is 3.59. The Kier molecular flexibility index (Phi) is 5.92. The van der Waals surface area contributed by atoms with E-state index in [4.69, 9.17) is 15.7 Å². The minimum Gasteiger partial charge on any atom is -0.381 e. The van der Waals surface area contributed by atoms with Crippen LogP contribution in [0.2, 0.25) is 0 Å². The molecule has 6 atom stereocenters. The van der Waals surface area contributed by atoms with Crippen molar-refractivity contribution in [2.45, 2.75) is 44.9 Å². The number of nitriles is 1. The molecule has 0 aliphatic heterocycles. The predicted molar refractivity (Wildman–Crippen MR) is 73.3 cm³/mol. The molecule has 1 aliphatic rings. The SMILES string of the molecule is CNC1CC(C(N)C(C#N)C(C)=O)CC(OC)C1C. The molecular weight excluding hydrogens is 242 g/mol. The van der Waals surface area contributed by atoms with Crippen LogP contribution < -0.4 is 11.1 Å². The van der Waals surface area contributed by atoms with Gasteiger partial charge in [-0.1, -0.05) is 6.92 Å². The summed E-state index contributed by atoms with van der Waals surface area (Å²) in [7, 11) is 3.63. The van der Waals surface area contributed by atoms with E-state index in [1.165, 1.54) is 6.92 Å². The molecule has 1 saturated carbocycles. The van der Waals surface area contributed by atoms with Gasteiger partial charge in [0.05, 0.1) is 12.2 Å². The summed E-state index contributed by atoms with van der Waals surface area (Å²) < 4.78 is 5.53. The highest BCUT2D eigenvalue weighted by molar-refractivity contribution is 5.81. The minimum atomic E-state index is -0.714. The highest BCUT2D eigenvalue weighted by Crippen LogP contribution is 2.34. The number of hydrogen-bond donors (Lipinski definition) is 2. The number of methoxy groups -OCH3 is 1. The number of ether oxygens (including phenoxy) is 1. The predicted octanol–water partition coefficient (Wildman–Crippen LogP) is 0.692. The lowest BCUT2D eigenvalue weighted by Crippen LogP contribution is -2.52. The molecule has 19 heavy (non-hydrogen) atoms. The average Bonchev–Trinajstić information content (AvgIpc) is 2.39. The lowest BCUT2D eigenvalue weighted by atomic mass is 9.71. The molecule has 0 aromatic rings. The maximum atomic E-state index is 11.5.